The fourth-order valence-electron chi connectivity index (χ4n) is 7.81. The molecule has 0 bridgehead atoms. The van der Waals surface area contributed by atoms with Crippen LogP contribution in [0.3, 0.4) is 0 Å². The molecule has 9 rings (SSSR count). The van der Waals surface area contributed by atoms with Crippen molar-refractivity contribution >= 4 is 33.5 Å². The van der Waals surface area contributed by atoms with Gasteiger partial charge in [0.05, 0.1) is 11.0 Å². The Hall–Kier alpha value is -6.20. The molecular weight excluding hydrogens is 635 g/mol. The summed E-state index contributed by atoms with van der Waals surface area (Å²) >= 11 is 0. The fraction of sp³-hybridized carbons (Fsp3) is 0.149. The zero-order valence-electron chi connectivity index (χ0n) is 29.3. The Bertz CT molecular complexity index is 2490. The van der Waals surface area contributed by atoms with E-state index in [0.29, 0.717) is 11.8 Å². The van der Waals surface area contributed by atoms with Gasteiger partial charge in [0.2, 0.25) is 0 Å². The van der Waals surface area contributed by atoms with E-state index < -0.39 is 0 Å². The first kappa shape index (κ1) is 31.8. The average Bonchev–Trinajstić information content (AvgIpc) is 3.21. The maximum Gasteiger partial charge on any atom is 0.169 e. The number of hydrogen-bond donors (Lipinski definition) is 1. The van der Waals surface area contributed by atoms with E-state index in [2.05, 4.69) is 164 Å². The molecule has 0 saturated carbocycles. The van der Waals surface area contributed by atoms with Gasteiger partial charge in [-0.2, -0.15) is 0 Å². The molecule has 0 saturated heterocycles. The molecule has 52 heavy (non-hydrogen) atoms. The first-order chi connectivity index (χ1) is 25.5. The second-order valence-electron chi connectivity index (χ2n) is 14.2. The summed E-state index contributed by atoms with van der Waals surface area (Å²) in [5.41, 5.74) is 9.85. The van der Waals surface area contributed by atoms with E-state index in [1.807, 2.05) is 24.5 Å². The largest absolute Gasteiger partial charge is 0.324 e. The predicted molar refractivity (Wildman–Crippen MR) is 215 cm³/mol. The Labute approximate surface area is 304 Å². The van der Waals surface area contributed by atoms with Crippen LogP contribution in [0.15, 0.2) is 185 Å². The number of amidine groups is 2. The Kier molecular flexibility index (Phi) is 8.04. The third-order valence-electron chi connectivity index (χ3n) is 10.7. The summed E-state index contributed by atoms with van der Waals surface area (Å²) in [6, 6.07) is 40.4. The van der Waals surface area contributed by atoms with Crippen LogP contribution in [0.2, 0.25) is 0 Å². The molecule has 4 aromatic carbocycles. The van der Waals surface area contributed by atoms with Gasteiger partial charge in [-0.1, -0.05) is 153 Å². The number of fused-ring (bicyclic) bond motifs is 2. The third-order valence-corrected chi connectivity index (χ3v) is 10.7. The van der Waals surface area contributed by atoms with Crippen molar-refractivity contribution in [2.24, 2.45) is 15.9 Å². The van der Waals surface area contributed by atoms with E-state index >= 15 is 0 Å². The number of nitrogens with zero attached hydrogens (tertiary/aromatic N) is 4. The Balaban J connectivity index is 1.06. The molecule has 1 aliphatic heterocycles. The maximum absolute atomic E-state index is 5.27. The molecule has 0 spiro atoms. The molecular formula is C47H39N5. The molecule has 0 amide bonds. The van der Waals surface area contributed by atoms with Crippen LogP contribution in [-0.2, 0) is 5.41 Å². The van der Waals surface area contributed by atoms with Gasteiger partial charge in [-0.05, 0) is 46.7 Å². The summed E-state index contributed by atoms with van der Waals surface area (Å²) in [5, 5.41) is 5.93. The summed E-state index contributed by atoms with van der Waals surface area (Å²) < 4.78 is 0. The molecule has 5 heteroatoms. The maximum atomic E-state index is 5.27. The molecule has 3 heterocycles. The lowest BCUT2D eigenvalue weighted by atomic mass is 9.75. The summed E-state index contributed by atoms with van der Waals surface area (Å²) in [6.45, 7) is 4.58. The van der Waals surface area contributed by atoms with Crippen molar-refractivity contribution in [1.29, 1.82) is 0 Å². The SMILES string of the molecule is CC1C=C(C2=NC(C3=CCC(C)(c4cccc5cccnc45)C=C3)N=C(c3ccc(-c4cccc5cccnc45)cc3)N2)C=CC1c1ccccc1. The first-order valence-electron chi connectivity index (χ1n) is 18.1. The van der Waals surface area contributed by atoms with E-state index in [-0.39, 0.29) is 11.6 Å². The van der Waals surface area contributed by atoms with Crippen molar-refractivity contribution in [1.82, 2.24) is 15.3 Å². The van der Waals surface area contributed by atoms with Crippen molar-refractivity contribution in [2.45, 2.75) is 37.8 Å². The van der Waals surface area contributed by atoms with Gasteiger partial charge in [0.25, 0.3) is 0 Å². The number of para-hydroxylation sites is 2. The van der Waals surface area contributed by atoms with E-state index in [1.54, 1.807) is 0 Å². The molecule has 3 aliphatic rings. The molecule has 6 aromatic rings. The standard InChI is InChI=1S/C47H39N5/c1-31-30-38(22-23-39(31)32-10-4-3-5-11-32)46-51-44(36-20-18-33(19-21-36)40-16-6-12-34-14-8-28-48-42(34)40)50-45(52-46)37-24-26-47(2,27-25-37)41-17-7-13-35-15-9-29-49-43(35)41/h3-26,28-31,39,45H,27H2,1-2H3,(H,50,51,52). The van der Waals surface area contributed by atoms with Crippen LogP contribution >= 0.6 is 0 Å². The van der Waals surface area contributed by atoms with Gasteiger partial charge < -0.3 is 5.32 Å². The second kappa shape index (κ2) is 13.2. The van der Waals surface area contributed by atoms with Crippen molar-refractivity contribution in [3.05, 3.63) is 192 Å². The molecule has 4 atom stereocenters. The molecule has 2 aliphatic carbocycles. The van der Waals surface area contributed by atoms with Gasteiger partial charge in [0.1, 0.15) is 11.7 Å². The molecule has 5 nitrogen and oxygen atoms in total. The number of aromatic nitrogens is 2. The van der Waals surface area contributed by atoms with Gasteiger partial charge in [-0.3, -0.25) is 9.97 Å². The monoisotopic (exact) mass is 673 g/mol. The third kappa shape index (κ3) is 5.88. The number of hydrogen-bond acceptors (Lipinski definition) is 5. The number of aliphatic imine (C=N–C) groups is 2. The summed E-state index contributed by atoms with van der Waals surface area (Å²) in [6.07, 6.45) is 17.9. The zero-order valence-corrected chi connectivity index (χ0v) is 29.3. The van der Waals surface area contributed by atoms with Crippen LogP contribution in [-0.4, -0.2) is 27.8 Å². The highest BCUT2D eigenvalue weighted by atomic mass is 15.2. The highest BCUT2D eigenvalue weighted by Gasteiger charge is 2.31. The van der Waals surface area contributed by atoms with Gasteiger partial charge in [-0.15, -0.1) is 0 Å². The summed E-state index contributed by atoms with van der Waals surface area (Å²) in [4.78, 5) is 20.0. The molecule has 0 radical (unpaired) electrons. The van der Waals surface area contributed by atoms with Crippen molar-refractivity contribution in [3.63, 3.8) is 0 Å². The molecule has 2 aromatic heterocycles. The molecule has 4 unspecified atom stereocenters. The van der Waals surface area contributed by atoms with Crippen molar-refractivity contribution in [3.8, 4) is 11.1 Å². The molecule has 1 N–H and O–H groups in total. The van der Waals surface area contributed by atoms with Gasteiger partial charge in [0, 0.05) is 51.2 Å². The average molecular weight is 674 g/mol. The van der Waals surface area contributed by atoms with Crippen LogP contribution in [0.1, 0.15) is 42.9 Å². The Morgan fingerprint density at radius 2 is 1.37 bits per heavy atom. The van der Waals surface area contributed by atoms with Crippen LogP contribution in [0.4, 0.5) is 0 Å². The Morgan fingerprint density at radius 3 is 2.12 bits per heavy atom. The van der Waals surface area contributed by atoms with Crippen molar-refractivity contribution < 1.29 is 0 Å². The number of pyridine rings is 2. The fourth-order valence-corrected chi connectivity index (χ4v) is 7.81. The van der Waals surface area contributed by atoms with Crippen LogP contribution in [0.25, 0.3) is 32.9 Å². The quantitative estimate of drug-likeness (QED) is 0.191. The highest BCUT2D eigenvalue weighted by Crippen LogP contribution is 2.39. The van der Waals surface area contributed by atoms with E-state index in [0.717, 1.165) is 67.7 Å². The van der Waals surface area contributed by atoms with Gasteiger partial charge in [-0.25, -0.2) is 9.98 Å². The number of nitrogens with one attached hydrogen (secondary N) is 1. The summed E-state index contributed by atoms with van der Waals surface area (Å²) in [5.74, 6) is 2.28. The van der Waals surface area contributed by atoms with Gasteiger partial charge in [0.15, 0.2) is 6.17 Å². The molecule has 0 fully saturated rings. The Morgan fingerprint density at radius 1 is 0.673 bits per heavy atom. The number of rotatable bonds is 6. The smallest absolute Gasteiger partial charge is 0.169 e. The van der Waals surface area contributed by atoms with E-state index in [4.69, 9.17) is 15.0 Å². The van der Waals surface area contributed by atoms with Crippen molar-refractivity contribution in [2.75, 3.05) is 0 Å². The first-order valence-corrected chi connectivity index (χ1v) is 18.1. The highest BCUT2D eigenvalue weighted by molar-refractivity contribution is 6.17. The lowest BCUT2D eigenvalue weighted by molar-refractivity contribution is 0.594. The minimum Gasteiger partial charge on any atom is -0.324 e. The minimum absolute atomic E-state index is 0.188. The van der Waals surface area contributed by atoms with E-state index in [9.17, 15) is 0 Å². The second-order valence-corrected chi connectivity index (χ2v) is 14.2. The zero-order chi connectivity index (χ0) is 35.1. The number of allylic oxidation sites excluding steroid dienone is 4. The minimum atomic E-state index is -0.379. The van der Waals surface area contributed by atoms with E-state index in [1.165, 1.54) is 11.1 Å². The van der Waals surface area contributed by atoms with Crippen LogP contribution in [0.5, 0.6) is 0 Å². The summed E-state index contributed by atoms with van der Waals surface area (Å²) in [7, 11) is 0. The van der Waals surface area contributed by atoms with Crippen LogP contribution < -0.4 is 5.32 Å². The lowest BCUT2D eigenvalue weighted by Gasteiger charge is -2.31. The lowest BCUT2D eigenvalue weighted by Crippen LogP contribution is -2.39. The number of benzene rings is 4. The topological polar surface area (TPSA) is 62.5 Å². The predicted octanol–water partition coefficient (Wildman–Crippen LogP) is 10.3. The molecule has 252 valence electrons. The van der Waals surface area contributed by atoms with Crippen LogP contribution in [0, 0.1) is 5.92 Å². The normalized spacial score (nSPS) is 22.7. The van der Waals surface area contributed by atoms with Gasteiger partial charge >= 0.3 is 0 Å².